The maximum atomic E-state index is 12.1. The Bertz CT molecular complexity index is 1520. The number of hydrogen-bond donors (Lipinski definition) is 1. The molecule has 2 aromatic rings. The van der Waals surface area contributed by atoms with Gasteiger partial charge in [0.25, 0.3) is 0 Å². The minimum atomic E-state index is -1.01. The minimum Gasteiger partial charge on any atom is -0.507 e. The highest BCUT2D eigenvalue weighted by Gasteiger charge is 2.43. The molecular formula is C35H48O10. The van der Waals surface area contributed by atoms with Gasteiger partial charge in [-0.1, -0.05) is 0 Å². The number of ether oxygens (including phenoxy) is 6. The third kappa shape index (κ3) is 6.99. The molecule has 0 radical (unpaired) electrons. The number of phenolic OH excluding ortho intramolecular Hbond substituents is 1. The average molecular weight is 629 g/mol. The van der Waals surface area contributed by atoms with Crippen molar-refractivity contribution in [1.82, 2.24) is 0 Å². The van der Waals surface area contributed by atoms with Gasteiger partial charge in [0.15, 0.2) is 0 Å². The van der Waals surface area contributed by atoms with Crippen molar-refractivity contribution in [2.45, 2.75) is 119 Å². The molecule has 2 aliphatic heterocycles. The fraction of sp³-hybridized carbons (Fsp3) is 0.571. The molecule has 0 saturated carbocycles. The first-order valence-corrected chi connectivity index (χ1v) is 15.1. The molecule has 2 atom stereocenters. The Hall–Kier alpha value is -3.95. The van der Waals surface area contributed by atoms with Crippen LogP contribution in [0.4, 0.5) is 4.79 Å². The smallest absolute Gasteiger partial charge is 0.507 e. The van der Waals surface area contributed by atoms with Gasteiger partial charge in [0.2, 0.25) is 11.2 Å². The molecule has 0 bridgehead atoms. The predicted molar refractivity (Wildman–Crippen MR) is 169 cm³/mol. The van der Waals surface area contributed by atoms with Crippen LogP contribution in [-0.2, 0) is 36.6 Å². The SMILES string of the molecule is COC(=O)C1(C)CCc2c(C)c(O)c(C)c(C)c2O1.COC(=O)C1(C)CCc2c(C)c(OC(=O)OC(C)(C)C)c(C)c(C)c2O1. The molecule has 2 heterocycles. The summed E-state index contributed by atoms with van der Waals surface area (Å²) in [7, 11) is 2.72. The number of rotatable bonds is 3. The first-order chi connectivity index (χ1) is 20.7. The average Bonchev–Trinajstić information content (AvgIpc) is 2.98. The molecule has 10 nitrogen and oxygen atoms in total. The summed E-state index contributed by atoms with van der Waals surface area (Å²) in [4.78, 5) is 36.0. The molecule has 45 heavy (non-hydrogen) atoms. The maximum absolute atomic E-state index is 12.1. The number of hydrogen-bond acceptors (Lipinski definition) is 10. The van der Waals surface area contributed by atoms with Crippen LogP contribution < -0.4 is 14.2 Å². The van der Waals surface area contributed by atoms with Gasteiger partial charge >= 0.3 is 18.1 Å². The van der Waals surface area contributed by atoms with Crippen molar-refractivity contribution in [3.63, 3.8) is 0 Å². The van der Waals surface area contributed by atoms with E-state index in [9.17, 15) is 19.5 Å². The summed E-state index contributed by atoms with van der Waals surface area (Å²) < 4.78 is 32.5. The molecule has 10 heteroatoms. The van der Waals surface area contributed by atoms with Crippen molar-refractivity contribution >= 4 is 18.1 Å². The number of fused-ring (bicyclic) bond motifs is 2. The van der Waals surface area contributed by atoms with Crippen LogP contribution in [0.15, 0.2) is 0 Å². The van der Waals surface area contributed by atoms with Crippen molar-refractivity contribution in [2.75, 3.05) is 14.2 Å². The number of esters is 2. The molecule has 0 spiro atoms. The van der Waals surface area contributed by atoms with Gasteiger partial charge in [-0.05, 0) is 122 Å². The van der Waals surface area contributed by atoms with Crippen LogP contribution >= 0.6 is 0 Å². The normalized spacial score (nSPS) is 20.2. The maximum Gasteiger partial charge on any atom is 0.514 e. The van der Waals surface area contributed by atoms with Crippen LogP contribution in [0.1, 0.15) is 92.0 Å². The molecule has 2 unspecified atom stereocenters. The number of carbonyl (C=O) groups excluding carboxylic acids is 3. The van der Waals surface area contributed by atoms with Crippen LogP contribution in [0.3, 0.4) is 0 Å². The lowest BCUT2D eigenvalue weighted by Gasteiger charge is -2.35. The van der Waals surface area contributed by atoms with Crippen LogP contribution in [-0.4, -0.2) is 54.2 Å². The fourth-order valence-electron chi connectivity index (χ4n) is 5.71. The van der Waals surface area contributed by atoms with Gasteiger partial charge in [-0.25, -0.2) is 14.4 Å². The van der Waals surface area contributed by atoms with E-state index in [4.69, 9.17) is 28.4 Å². The molecule has 0 aromatic heterocycles. The molecule has 1 N–H and O–H groups in total. The summed E-state index contributed by atoms with van der Waals surface area (Å²) in [5.74, 6) is 1.43. The molecule has 0 aliphatic carbocycles. The van der Waals surface area contributed by atoms with Gasteiger partial charge in [0, 0.05) is 24.0 Å². The Kier molecular flexibility index (Phi) is 10.1. The van der Waals surface area contributed by atoms with Gasteiger partial charge < -0.3 is 33.5 Å². The van der Waals surface area contributed by atoms with Crippen LogP contribution in [0, 0.1) is 41.5 Å². The lowest BCUT2D eigenvalue weighted by Crippen LogP contribution is -2.45. The van der Waals surface area contributed by atoms with E-state index in [1.807, 2.05) is 41.5 Å². The van der Waals surface area contributed by atoms with Gasteiger partial charge in [0.1, 0.15) is 28.6 Å². The third-order valence-corrected chi connectivity index (χ3v) is 8.82. The zero-order valence-corrected chi connectivity index (χ0v) is 28.9. The monoisotopic (exact) mass is 628 g/mol. The highest BCUT2D eigenvalue weighted by atomic mass is 16.7. The Balaban J connectivity index is 0.000000257. The number of phenols is 1. The van der Waals surface area contributed by atoms with E-state index in [1.165, 1.54) is 14.2 Å². The van der Waals surface area contributed by atoms with Crippen molar-refractivity contribution in [1.29, 1.82) is 0 Å². The number of benzene rings is 2. The summed E-state index contributed by atoms with van der Waals surface area (Å²) in [6.07, 6.45) is 1.62. The second-order valence-electron chi connectivity index (χ2n) is 13.3. The van der Waals surface area contributed by atoms with Crippen molar-refractivity contribution in [2.24, 2.45) is 0 Å². The quantitative estimate of drug-likeness (QED) is 0.221. The predicted octanol–water partition coefficient (Wildman–Crippen LogP) is 6.76. The molecule has 2 aromatic carbocycles. The number of methoxy groups -OCH3 is 2. The Morgan fingerprint density at radius 3 is 1.53 bits per heavy atom. The van der Waals surface area contributed by atoms with E-state index in [1.54, 1.807) is 34.6 Å². The summed E-state index contributed by atoms with van der Waals surface area (Å²) in [6, 6.07) is 0. The topological polar surface area (TPSA) is 127 Å². The van der Waals surface area contributed by atoms with Crippen LogP contribution in [0.2, 0.25) is 0 Å². The zero-order chi connectivity index (χ0) is 34.2. The second-order valence-corrected chi connectivity index (χ2v) is 13.3. The van der Waals surface area contributed by atoms with E-state index in [0.717, 1.165) is 44.5 Å². The van der Waals surface area contributed by atoms with Crippen LogP contribution in [0.5, 0.6) is 23.0 Å². The third-order valence-electron chi connectivity index (χ3n) is 8.82. The lowest BCUT2D eigenvalue weighted by molar-refractivity contribution is -0.159. The number of carbonyl (C=O) groups is 3. The highest BCUT2D eigenvalue weighted by Crippen LogP contribution is 2.45. The Morgan fingerprint density at radius 1 is 0.689 bits per heavy atom. The Labute approximate surface area is 266 Å². The minimum absolute atomic E-state index is 0.321. The molecule has 0 amide bonds. The van der Waals surface area contributed by atoms with Gasteiger partial charge in [0.05, 0.1) is 14.2 Å². The zero-order valence-electron chi connectivity index (χ0n) is 28.9. The first-order valence-electron chi connectivity index (χ1n) is 15.1. The van der Waals surface area contributed by atoms with E-state index in [2.05, 4.69) is 0 Å². The second kappa shape index (κ2) is 12.8. The standard InChI is InChI=1S/C20H28O6.C15H20O4/c1-11-12(2)16-14(9-10-20(7,25-16)17(21)23-8)13(3)15(11)24-18(22)26-19(4,5)6;1-8-9(2)13-11(10(3)12(8)16)6-7-15(4,19-13)14(17)18-5/h9-10H2,1-8H3;16H,6-7H2,1-5H3. The molecule has 248 valence electrons. The molecule has 2 aliphatic rings. The van der Waals surface area contributed by atoms with Crippen LogP contribution in [0.25, 0.3) is 0 Å². The van der Waals surface area contributed by atoms with Gasteiger partial charge in [-0.3, -0.25) is 0 Å². The van der Waals surface area contributed by atoms with Gasteiger partial charge in [-0.15, -0.1) is 0 Å². The summed E-state index contributed by atoms with van der Waals surface area (Å²) in [6.45, 7) is 20.1. The Morgan fingerprint density at radius 2 is 1.11 bits per heavy atom. The summed E-state index contributed by atoms with van der Waals surface area (Å²) in [5.41, 5.74) is 4.29. The largest absolute Gasteiger partial charge is 0.514 e. The summed E-state index contributed by atoms with van der Waals surface area (Å²) in [5, 5.41) is 10.1. The van der Waals surface area contributed by atoms with Crippen molar-refractivity contribution in [3.8, 4) is 23.0 Å². The van der Waals surface area contributed by atoms with Crippen molar-refractivity contribution in [3.05, 3.63) is 44.5 Å². The molecule has 0 fully saturated rings. The van der Waals surface area contributed by atoms with E-state index in [0.29, 0.717) is 48.7 Å². The molecule has 4 rings (SSSR count). The van der Waals surface area contributed by atoms with Gasteiger partial charge in [-0.2, -0.15) is 0 Å². The number of aromatic hydroxyl groups is 1. The first kappa shape index (κ1) is 35.5. The lowest BCUT2D eigenvalue weighted by atomic mass is 9.87. The molecular weight excluding hydrogens is 580 g/mol. The van der Waals surface area contributed by atoms with E-state index in [-0.39, 0.29) is 5.97 Å². The van der Waals surface area contributed by atoms with E-state index < -0.39 is 28.9 Å². The van der Waals surface area contributed by atoms with E-state index >= 15 is 0 Å². The highest BCUT2D eigenvalue weighted by molar-refractivity contribution is 5.81. The molecule has 0 saturated heterocycles. The fourth-order valence-corrected chi connectivity index (χ4v) is 5.71. The summed E-state index contributed by atoms with van der Waals surface area (Å²) >= 11 is 0. The van der Waals surface area contributed by atoms with Crippen molar-refractivity contribution < 1.29 is 47.9 Å².